The predicted molar refractivity (Wildman–Crippen MR) is 126 cm³/mol. The second kappa shape index (κ2) is 10.2. The van der Waals surface area contributed by atoms with E-state index in [2.05, 4.69) is 15.5 Å². The molecule has 0 N–H and O–H groups in total. The first-order chi connectivity index (χ1) is 15.6. The Kier molecular flexibility index (Phi) is 6.97. The highest BCUT2D eigenvalue weighted by molar-refractivity contribution is 8.00. The Balaban J connectivity index is 1.54. The van der Waals surface area contributed by atoms with Gasteiger partial charge in [-0.2, -0.15) is 4.68 Å². The standard InChI is InChI=1S/C25H25N5OS/c1-19-11-9-10-16-23(19)30-25(26-27-28-30)32-20(2)24(31)29(17-21-12-5-3-6-13-21)18-22-14-7-4-8-15-22/h3-16,20H,17-18H2,1-2H3. The lowest BCUT2D eigenvalue weighted by molar-refractivity contribution is -0.131. The van der Waals surface area contributed by atoms with Crippen LogP contribution in [0.4, 0.5) is 0 Å². The number of rotatable bonds is 8. The molecular weight excluding hydrogens is 418 g/mol. The van der Waals surface area contributed by atoms with Gasteiger partial charge in [-0.25, -0.2) is 0 Å². The number of hydrogen-bond donors (Lipinski definition) is 0. The predicted octanol–water partition coefficient (Wildman–Crippen LogP) is 4.68. The quantitative estimate of drug-likeness (QED) is 0.370. The molecule has 0 bridgehead atoms. The highest BCUT2D eigenvalue weighted by atomic mass is 32.2. The van der Waals surface area contributed by atoms with Gasteiger partial charge in [-0.05, 0) is 47.0 Å². The van der Waals surface area contributed by atoms with Crippen LogP contribution in [0.3, 0.4) is 0 Å². The molecule has 1 aromatic heterocycles. The van der Waals surface area contributed by atoms with Gasteiger partial charge in [-0.1, -0.05) is 90.6 Å². The Hall–Kier alpha value is -3.45. The SMILES string of the molecule is Cc1ccccc1-n1nnnc1SC(C)C(=O)N(Cc1ccccc1)Cc1ccccc1. The third-order valence-electron chi connectivity index (χ3n) is 5.16. The van der Waals surface area contributed by atoms with Crippen molar-refractivity contribution in [2.45, 2.75) is 37.3 Å². The average Bonchev–Trinajstić information content (AvgIpc) is 3.27. The van der Waals surface area contributed by atoms with Crippen LogP contribution in [0.1, 0.15) is 23.6 Å². The van der Waals surface area contributed by atoms with Crippen molar-refractivity contribution in [2.75, 3.05) is 0 Å². The second-order valence-corrected chi connectivity index (χ2v) is 8.89. The number of thioether (sulfide) groups is 1. The van der Waals surface area contributed by atoms with Crippen LogP contribution in [0.2, 0.25) is 0 Å². The average molecular weight is 444 g/mol. The van der Waals surface area contributed by atoms with Crippen molar-refractivity contribution >= 4 is 17.7 Å². The molecule has 1 heterocycles. The van der Waals surface area contributed by atoms with Crippen LogP contribution in [0, 0.1) is 6.92 Å². The van der Waals surface area contributed by atoms with E-state index in [1.54, 1.807) is 4.68 Å². The van der Waals surface area contributed by atoms with Crippen molar-refractivity contribution in [2.24, 2.45) is 0 Å². The lowest BCUT2D eigenvalue weighted by atomic mass is 10.1. The fraction of sp³-hybridized carbons (Fsp3) is 0.200. The van der Waals surface area contributed by atoms with Crippen molar-refractivity contribution in [3.8, 4) is 5.69 Å². The zero-order chi connectivity index (χ0) is 22.3. The van der Waals surface area contributed by atoms with E-state index in [1.807, 2.05) is 104 Å². The fourth-order valence-corrected chi connectivity index (χ4v) is 4.37. The normalized spacial score (nSPS) is 11.8. The Morgan fingerprint density at radius 3 is 2.06 bits per heavy atom. The van der Waals surface area contributed by atoms with Crippen LogP contribution < -0.4 is 0 Å². The summed E-state index contributed by atoms with van der Waals surface area (Å²) in [5, 5.41) is 12.4. The Morgan fingerprint density at radius 1 is 0.906 bits per heavy atom. The molecule has 6 nitrogen and oxygen atoms in total. The molecule has 162 valence electrons. The third kappa shape index (κ3) is 5.23. The molecule has 0 radical (unpaired) electrons. The van der Waals surface area contributed by atoms with E-state index < -0.39 is 0 Å². The molecule has 0 aliphatic rings. The topological polar surface area (TPSA) is 63.9 Å². The molecule has 0 saturated carbocycles. The molecule has 1 unspecified atom stereocenters. The minimum atomic E-state index is -0.351. The van der Waals surface area contributed by atoms with Crippen LogP contribution >= 0.6 is 11.8 Å². The van der Waals surface area contributed by atoms with Crippen LogP contribution in [0.15, 0.2) is 90.1 Å². The van der Waals surface area contributed by atoms with Crippen molar-refractivity contribution in [3.63, 3.8) is 0 Å². The van der Waals surface area contributed by atoms with Crippen molar-refractivity contribution in [1.82, 2.24) is 25.1 Å². The van der Waals surface area contributed by atoms with E-state index in [1.165, 1.54) is 11.8 Å². The van der Waals surface area contributed by atoms with Gasteiger partial charge in [0, 0.05) is 13.1 Å². The van der Waals surface area contributed by atoms with Gasteiger partial charge in [0.1, 0.15) is 0 Å². The van der Waals surface area contributed by atoms with Gasteiger partial charge in [0.05, 0.1) is 10.9 Å². The van der Waals surface area contributed by atoms with Crippen LogP contribution in [-0.2, 0) is 17.9 Å². The summed E-state index contributed by atoms with van der Waals surface area (Å²) >= 11 is 1.37. The molecule has 4 rings (SSSR count). The summed E-state index contributed by atoms with van der Waals surface area (Å²) in [6.07, 6.45) is 0. The minimum absolute atomic E-state index is 0.0436. The summed E-state index contributed by atoms with van der Waals surface area (Å²) in [5.74, 6) is 0.0436. The summed E-state index contributed by atoms with van der Waals surface area (Å²) in [6.45, 7) is 5.01. The van der Waals surface area contributed by atoms with Gasteiger partial charge < -0.3 is 4.90 Å². The number of hydrogen-bond acceptors (Lipinski definition) is 5. The number of nitrogens with zero attached hydrogens (tertiary/aromatic N) is 5. The first-order valence-electron chi connectivity index (χ1n) is 10.5. The van der Waals surface area contributed by atoms with E-state index >= 15 is 0 Å². The molecule has 0 aliphatic heterocycles. The van der Waals surface area contributed by atoms with Gasteiger partial charge in [0.15, 0.2) is 0 Å². The number of aromatic nitrogens is 4. The van der Waals surface area contributed by atoms with Gasteiger partial charge in [0.25, 0.3) is 0 Å². The van der Waals surface area contributed by atoms with E-state index in [0.717, 1.165) is 22.4 Å². The zero-order valence-electron chi connectivity index (χ0n) is 18.1. The van der Waals surface area contributed by atoms with E-state index in [-0.39, 0.29) is 11.2 Å². The number of tetrazole rings is 1. The van der Waals surface area contributed by atoms with Crippen molar-refractivity contribution < 1.29 is 4.79 Å². The molecule has 1 atom stereocenters. The van der Waals surface area contributed by atoms with Crippen LogP contribution in [0.25, 0.3) is 5.69 Å². The number of carbonyl (C=O) groups excluding carboxylic acids is 1. The zero-order valence-corrected chi connectivity index (χ0v) is 18.9. The summed E-state index contributed by atoms with van der Waals surface area (Å²) in [4.78, 5) is 15.4. The van der Waals surface area contributed by atoms with Gasteiger partial charge >= 0.3 is 0 Å². The lowest BCUT2D eigenvalue weighted by Gasteiger charge is -2.26. The van der Waals surface area contributed by atoms with Gasteiger partial charge in [-0.3, -0.25) is 4.79 Å². The molecule has 0 spiro atoms. The Bertz CT molecular complexity index is 1120. The summed E-state index contributed by atoms with van der Waals surface area (Å²) in [5.41, 5.74) is 4.16. The first kappa shape index (κ1) is 21.8. The second-order valence-electron chi connectivity index (χ2n) is 7.59. The molecule has 32 heavy (non-hydrogen) atoms. The van der Waals surface area contributed by atoms with E-state index in [0.29, 0.717) is 18.2 Å². The third-order valence-corrected chi connectivity index (χ3v) is 6.18. The summed E-state index contributed by atoms with van der Waals surface area (Å²) in [6, 6.07) is 28.0. The molecule has 0 saturated heterocycles. The monoisotopic (exact) mass is 443 g/mol. The maximum Gasteiger partial charge on any atom is 0.236 e. The highest BCUT2D eigenvalue weighted by Crippen LogP contribution is 2.26. The molecule has 0 aliphatic carbocycles. The van der Waals surface area contributed by atoms with E-state index in [4.69, 9.17) is 0 Å². The first-order valence-corrected chi connectivity index (χ1v) is 11.4. The minimum Gasteiger partial charge on any atom is -0.333 e. The molecule has 1 amide bonds. The lowest BCUT2D eigenvalue weighted by Crippen LogP contribution is -2.35. The number of aryl methyl sites for hydroxylation is 1. The number of para-hydroxylation sites is 1. The molecule has 4 aromatic rings. The fourth-order valence-electron chi connectivity index (χ4n) is 3.49. The largest absolute Gasteiger partial charge is 0.333 e. The van der Waals surface area contributed by atoms with Gasteiger partial charge in [0.2, 0.25) is 11.1 Å². The number of amides is 1. The summed E-state index contributed by atoms with van der Waals surface area (Å²) < 4.78 is 1.70. The van der Waals surface area contributed by atoms with E-state index in [9.17, 15) is 4.79 Å². The number of carbonyl (C=O) groups is 1. The summed E-state index contributed by atoms with van der Waals surface area (Å²) in [7, 11) is 0. The van der Waals surface area contributed by atoms with Crippen molar-refractivity contribution in [1.29, 1.82) is 0 Å². The van der Waals surface area contributed by atoms with Crippen molar-refractivity contribution in [3.05, 3.63) is 102 Å². The van der Waals surface area contributed by atoms with Crippen LogP contribution in [-0.4, -0.2) is 36.3 Å². The maximum absolute atomic E-state index is 13.5. The molecule has 0 fully saturated rings. The van der Waals surface area contributed by atoms with Gasteiger partial charge in [-0.15, -0.1) is 5.10 Å². The Labute approximate surface area is 192 Å². The molecule has 3 aromatic carbocycles. The van der Waals surface area contributed by atoms with Crippen LogP contribution in [0.5, 0.6) is 0 Å². The molecule has 7 heteroatoms. The Morgan fingerprint density at radius 2 is 1.47 bits per heavy atom. The number of benzene rings is 3. The maximum atomic E-state index is 13.5. The highest BCUT2D eigenvalue weighted by Gasteiger charge is 2.25. The smallest absolute Gasteiger partial charge is 0.236 e. The molecular formula is C25H25N5OS.